The Bertz CT molecular complexity index is 1610. The van der Waals surface area contributed by atoms with Gasteiger partial charge in [0.1, 0.15) is 5.75 Å². The molecule has 9 nitrogen and oxygen atoms in total. The third-order valence-corrected chi connectivity index (χ3v) is 7.83. The predicted molar refractivity (Wildman–Crippen MR) is 165 cm³/mol. The van der Waals surface area contributed by atoms with E-state index in [1.807, 2.05) is 71.4 Å². The van der Waals surface area contributed by atoms with E-state index in [9.17, 15) is 4.79 Å². The number of thioether (sulfide) groups is 1. The van der Waals surface area contributed by atoms with Crippen molar-refractivity contribution in [2.24, 2.45) is 10.2 Å². The molecule has 2 aliphatic rings. The van der Waals surface area contributed by atoms with Gasteiger partial charge in [0.2, 0.25) is 11.9 Å². The van der Waals surface area contributed by atoms with Crippen LogP contribution in [0.2, 0.25) is 0 Å². The van der Waals surface area contributed by atoms with Crippen LogP contribution in [0.4, 0.5) is 11.6 Å². The number of carbonyl (C=O) groups is 1. The molecule has 0 radical (unpaired) electrons. The second kappa shape index (κ2) is 11.6. The fourth-order valence-electron chi connectivity index (χ4n) is 4.56. The first-order chi connectivity index (χ1) is 20.0. The summed E-state index contributed by atoms with van der Waals surface area (Å²) in [5.74, 6) is 2.79. The van der Waals surface area contributed by atoms with Crippen molar-refractivity contribution in [3.05, 3.63) is 83.9 Å². The Labute approximate surface area is 243 Å². The highest BCUT2D eigenvalue weighted by molar-refractivity contribution is 8.15. The van der Waals surface area contributed by atoms with Crippen LogP contribution in [-0.2, 0) is 4.79 Å². The van der Waals surface area contributed by atoms with Gasteiger partial charge in [-0.25, -0.2) is 0 Å². The first-order valence-electron chi connectivity index (χ1n) is 13.6. The second-order valence-electron chi connectivity index (χ2n) is 10.3. The standard InChI is InChI=1S/C31H31N7O2S/c1-20(2)26-6-4-5-7-27(26)37-28(39)19-41-31(37)35-32-18-21-8-10-22(11-9-21)29-34-30(33-23-12-13-23)38(36-29)24-14-16-25(40-3)17-15-24/h4-11,14-18,20,23H,12-13,19H2,1-3H3,(H,33,34,36). The summed E-state index contributed by atoms with van der Waals surface area (Å²) in [6, 6.07) is 24.0. The summed E-state index contributed by atoms with van der Waals surface area (Å²) < 4.78 is 7.13. The van der Waals surface area contributed by atoms with E-state index in [0.29, 0.717) is 22.8 Å². The number of carbonyl (C=O) groups excluding carboxylic acids is 1. The Morgan fingerprint density at radius 2 is 1.80 bits per heavy atom. The molecule has 4 aromatic rings. The lowest BCUT2D eigenvalue weighted by molar-refractivity contribution is -0.115. The number of methoxy groups -OCH3 is 1. The molecule has 2 fully saturated rings. The fraction of sp³-hybridized carbons (Fsp3) is 0.258. The average molecular weight is 566 g/mol. The number of nitrogens with zero attached hydrogens (tertiary/aromatic N) is 6. The highest BCUT2D eigenvalue weighted by Crippen LogP contribution is 2.33. The van der Waals surface area contributed by atoms with E-state index < -0.39 is 0 Å². The molecule has 0 atom stereocenters. The monoisotopic (exact) mass is 565 g/mol. The minimum atomic E-state index is 0.0125. The Kier molecular flexibility index (Phi) is 7.56. The van der Waals surface area contributed by atoms with Crippen molar-refractivity contribution >= 4 is 40.7 Å². The molecule has 1 aliphatic heterocycles. The lowest BCUT2D eigenvalue weighted by Gasteiger charge is -2.20. The zero-order chi connectivity index (χ0) is 28.3. The first kappa shape index (κ1) is 26.8. The number of para-hydroxylation sites is 1. The number of amides is 1. The first-order valence-corrected chi connectivity index (χ1v) is 14.6. The van der Waals surface area contributed by atoms with E-state index in [1.54, 1.807) is 18.2 Å². The number of rotatable bonds is 9. The Morgan fingerprint density at radius 1 is 1.05 bits per heavy atom. The molecule has 0 unspecified atom stereocenters. The lowest BCUT2D eigenvalue weighted by Crippen LogP contribution is -2.30. The van der Waals surface area contributed by atoms with Crippen molar-refractivity contribution in [2.75, 3.05) is 23.1 Å². The normalized spacial score (nSPS) is 16.3. The third-order valence-electron chi connectivity index (χ3n) is 6.92. The SMILES string of the molecule is COc1ccc(-n2nc(-c3ccc(C=NN=C4SCC(=O)N4c4ccccc4C(C)C)cc3)nc2NC2CC2)cc1. The molecule has 208 valence electrons. The molecule has 6 rings (SSSR count). The molecule has 0 bridgehead atoms. The molecule has 1 aromatic heterocycles. The Hall–Kier alpha value is -4.44. The van der Waals surface area contributed by atoms with E-state index in [1.165, 1.54) is 11.8 Å². The molecule has 1 saturated heterocycles. The summed E-state index contributed by atoms with van der Waals surface area (Å²) in [6.07, 6.45) is 3.96. The van der Waals surface area contributed by atoms with Crippen LogP contribution in [-0.4, -0.2) is 51.0 Å². The predicted octanol–water partition coefficient (Wildman–Crippen LogP) is 6.11. The van der Waals surface area contributed by atoms with Crippen molar-refractivity contribution in [1.29, 1.82) is 0 Å². The van der Waals surface area contributed by atoms with Crippen LogP contribution in [0.5, 0.6) is 5.75 Å². The van der Waals surface area contributed by atoms with Gasteiger partial charge in [0.05, 0.1) is 30.5 Å². The highest BCUT2D eigenvalue weighted by atomic mass is 32.2. The van der Waals surface area contributed by atoms with Crippen LogP contribution in [0, 0.1) is 0 Å². The molecule has 2 heterocycles. The summed E-state index contributed by atoms with van der Waals surface area (Å²) in [5.41, 5.74) is 4.66. The van der Waals surface area contributed by atoms with Gasteiger partial charge in [0.25, 0.3) is 0 Å². The molecule has 1 N–H and O–H groups in total. The van der Waals surface area contributed by atoms with Gasteiger partial charge in [-0.3, -0.25) is 9.69 Å². The number of benzene rings is 3. The maximum absolute atomic E-state index is 12.7. The number of hydrogen-bond acceptors (Lipinski definition) is 8. The second-order valence-corrected chi connectivity index (χ2v) is 11.2. The Balaban J connectivity index is 1.21. The quantitative estimate of drug-likeness (QED) is 0.194. The van der Waals surface area contributed by atoms with E-state index in [0.717, 1.165) is 52.6 Å². The van der Waals surface area contributed by atoms with E-state index in [2.05, 4.69) is 35.4 Å². The van der Waals surface area contributed by atoms with Gasteiger partial charge in [-0.15, -0.1) is 10.2 Å². The number of anilines is 2. The minimum Gasteiger partial charge on any atom is -0.497 e. The van der Waals surface area contributed by atoms with E-state index in [4.69, 9.17) is 14.8 Å². The largest absolute Gasteiger partial charge is 0.497 e. The van der Waals surface area contributed by atoms with E-state index >= 15 is 0 Å². The number of amidine groups is 1. The van der Waals surface area contributed by atoms with Crippen LogP contribution in [0.3, 0.4) is 0 Å². The molecule has 3 aromatic carbocycles. The van der Waals surface area contributed by atoms with Crippen molar-refractivity contribution in [1.82, 2.24) is 14.8 Å². The topological polar surface area (TPSA) is 97.0 Å². The molecule has 1 aliphatic carbocycles. The fourth-order valence-corrected chi connectivity index (χ4v) is 5.37. The summed E-state index contributed by atoms with van der Waals surface area (Å²) in [5, 5.41) is 17.6. The van der Waals surface area contributed by atoms with Crippen molar-refractivity contribution in [2.45, 2.75) is 38.6 Å². The molecule has 1 saturated carbocycles. The van der Waals surface area contributed by atoms with Gasteiger partial charge in [0, 0.05) is 11.6 Å². The molecule has 0 spiro atoms. The molecular weight excluding hydrogens is 534 g/mol. The summed E-state index contributed by atoms with van der Waals surface area (Å²) in [6.45, 7) is 4.24. The van der Waals surface area contributed by atoms with Crippen molar-refractivity contribution < 1.29 is 9.53 Å². The van der Waals surface area contributed by atoms with Gasteiger partial charge in [-0.05, 0) is 60.2 Å². The maximum Gasteiger partial charge on any atom is 0.243 e. The summed E-state index contributed by atoms with van der Waals surface area (Å²) in [7, 11) is 1.65. The summed E-state index contributed by atoms with van der Waals surface area (Å²) in [4.78, 5) is 19.2. The van der Waals surface area contributed by atoms with Crippen molar-refractivity contribution in [3.63, 3.8) is 0 Å². The number of hydrogen-bond donors (Lipinski definition) is 1. The van der Waals surface area contributed by atoms with Crippen LogP contribution in [0.15, 0.2) is 83.0 Å². The third kappa shape index (κ3) is 5.88. The van der Waals surface area contributed by atoms with Crippen LogP contribution < -0.4 is 15.0 Å². The van der Waals surface area contributed by atoms with Gasteiger partial charge >= 0.3 is 0 Å². The molecule has 10 heteroatoms. The number of aromatic nitrogens is 3. The maximum atomic E-state index is 12.7. The van der Waals surface area contributed by atoms with Crippen LogP contribution in [0.1, 0.15) is 43.7 Å². The number of ether oxygens (including phenoxy) is 1. The lowest BCUT2D eigenvalue weighted by atomic mass is 10.0. The minimum absolute atomic E-state index is 0.0125. The zero-order valence-corrected chi connectivity index (χ0v) is 24.0. The van der Waals surface area contributed by atoms with Crippen molar-refractivity contribution in [3.8, 4) is 22.8 Å². The smallest absolute Gasteiger partial charge is 0.243 e. The molecule has 1 amide bonds. The van der Waals surface area contributed by atoms with Gasteiger partial charge in [-0.1, -0.05) is 68.1 Å². The highest BCUT2D eigenvalue weighted by Gasteiger charge is 2.31. The molecular formula is C31H31N7O2S. The average Bonchev–Trinajstić information content (AvgIpc) is 3.60. The van der Waals surface area contributed by atoms with Gasteiger partial charge in [0.15, 0.2) is 11.0 Å². The van der Waals surface area contributed by atoms with Crippen LogP contribution in [0.25, 0.3) is 17.1 Å². The van der Waals surface area contributed by atoms with E-state index in [-0.39, 0.29) is 11.8 Å². The number of nitrogens with one attached hydrogen (secondary N) is 1. The van der Waals surface area contributed by atoms with Gasteiger partial charge in [-0.2, -0.15) is 14.8 Å². The van der Waals surface area contributed by atoms with Crippen LogP contribution >= 0.6 is 11.8 Å². The zero-order valence-electron chi connectivity index (χ0n) is 23.2. The van der Waals surface area contributed by atoms with Gasteiger partial charge < -0.3 is 10.1 Å². The molecule has 41 heavy (non-hydrogen) atoms. The Morgan fingerprint density at radius 3 is 2.51 bits per heavy atom. The summed E-state index contributed by atoms with van der Waals surface area (Å²) >= 11 is 1.40.